The zero-order valence-electron chi connectivity index (χ0n) is 11.8. The Labute approximate surface area is 114 Å². The summed E-state index contributed by atoms with van der Waals surface area (Å²) in [5.74, 6) is 1.18. The molecule has 0 bridgehead atoms. The molecule has 2 rings (SSSR count). The lowest BCUT2D eigenvalue weighted by Gasteiger charge is -2.15. The minimum absolute atomic E-state index is 0.0653. The summed E-state index contributed by atoms with van der Waals surface area (Å²) < 4.78 is 5.33. The molecule has 1 aliphatic rings. The Bertz CT molecular complexity index is 479. The van der Waals surface area contributed by atoms with Crippen LogP contribution in [0, 0.1) is 0 Å². The van der Waals surface area contributed by atoms with Crippen LogP contribution in [0.3, 0.4) is 0 Å². The standard InChI is InChI=1S/C15H22N2O2/c1-10(2)11-4-5-13(19-3)12(8-11)9-17-14(18)15(16)6-7-15/h4-5,8,10H,6-7,9,16H2,1-3H3,(H,17,18). The van der Waals surface area contributed by atoms with Crippen LogP contribution in [-0.2, 0) is 11.3 Å². The third-order valence-electron chi connectivity index (χ3n) is 3.65. The molecule has 1 amide bonds. The zero-order valence-corrected chi connectivity index (χ0v) is 11.8. The maximum Gasteiger partial charge on any atom is 0.240 e. The number of hydrogen-bond acceptors (Lipinski definition) is 3. The van der Waals surface area contributed by atoms with Crippen molar-refractivity contribution in [2.75, 3.05) is 7.11 Å². The van der Waals surface area contributed by atoms with Gasteiger partial charge in [-0.15, -0.1) is 0 Å². The van der Waals surface area contributed by atoms with Crippen molar-refractivity contribution in [3.63, 3.8) is 0 Å². The van der Waals surface area contributed by atoms with Gasteiger partial charge in [-0.2, -0.15) is 0 Å². The summed E-state index contributed by atoms with van der Waals surface area (Å²) in [5.41, 5.74) is 7.46. The van der Waals surface area contributed by atoms with Crippen LogP contribution in [-0.4, -0.2) is 18.6 Å². The van der Waals surface area contributed by atoms with Gasteiger partial charge in [0.05, 0.1) is 12.6 Å². The van der Waals surface area contributed by atoms with Gasteiger partial charge >= 0.3 is 0 Å². The number of hydrogen-bond donors (Lipinski definition) is 2. The average molecular weight is 262 g/mol. The number of benzene rings is 1. The lowest BCUT2D eigenvalue weighted by Crippen LogP contribution is -2.42. The fraction of sp³-hybridized carbons (Fsp3) is 0.533. The molecule has 0 atom stereocenters. The number of carbonyl (C=O) groups excluding carboxylic acids is 1. The average Bonchev–Trinajstić information content (AvgIpc) is 3.14. The Morgan fingerprint density at radius 3 is 2.68 bits per heavy atom. The monoisotopic (exact) mass is 262 g/mol. The van der Waals surface area contributed by atoms with Crippen LogP contribution in [0.15, 0.2) is 18.2 Å². The molecule has 4 nitrogen and oxygen atoms in total. The molecule has 104 valence electrons. The largest absolute Gasteiger partial charge is 0.496 e. The van der Waals surface area contributed by atoms with E-state index >= 15 is 0 Å². The minimum Gasteiger partial charge on any atom is -0.496 e. The molecule has 0 radical (unpaired) electrons. The summed E-state index contributed by atoms with van der Waals surface area (Å²) in [6.07, 6.45) is 1.56. The molecule has 4 heteroatoms. The number of rotatable bonds is 5. The molecule has 0 heterocycles. The van der Waals surface area contributed by atoms with Gasteiger partial charge in [-0.3, -0.25) is 4.79 Å². The van der Waals surface area contributed by atoms with E-state index in [0.29, 0.717) is 12.5 Å². The molecule has 0 saturated heterocycles. The molecule has 1 aromatic carbocycles. The fourth-order valence-electron chi connectivity index (χ4n) is 2.01. The molecule has 0 unspecified atom stereocenters. The van der Waals surface area contributed by atoms with Crippen molar-refractivity contribution in [3.8, 4) is 5.75 Å². The number of nitrogens with two attached hydrogens (primary N) is 1. The maximum absolute atomic E-state index is 11.8. The third-order valence-corrected chi connectivity index (χ3v) is 3.65. The molecular weight excluding hydrogens is 240 g/mol. The van der Waals surface area contributed by atoms with Crippen LogP contribution < -0.4 is 15.8 Å². The Hall–Kier alpha value is -1.55. The molecule has 1 saturated carbocycles. The summed E-state index contributed by atoms with van der Waals surface area (Å²) in [4.78, 5) is 11.8. The highest BCUT2D eigenvalue weighted by molar-refractivity contribution is 5.88. The number of carbonyl (C=O) groups is 1. The second kappa shape index (κ2) is 5.21. The van der Waals surface area contributed by atoms with Crippen LogP contribution in [0.25, 0.3) is 0 Å². The second-order valence-corrected chi connectivity index (χ2v) is 5.56. The molecule has 0 aliphatic heterocycles. The van der Waals surface area contributed by atoms with Crippen LogP contribution in [0.5, 0.6) is 5.75 Å². The van der Waals surface area contributed by atoms with Gasteiger partial charge in [0.2, 0.25) is 5.91 Å². The van der Waals surface area contributed by atoms with E-state index in [1.165, 1.54) is 5.56 Å². The third kappa shape index (κ3) is 3.07. The van der Waals surface area contributed by atoms with Crippen LogP contribution in [0.1, 0.15) is 43.7 Å². The van der Waals surface area contributed by atoms with E-state index in [9.17, 15) is 4.79 Å². The van der Waals surface area contributed by atoms with Crippen molar-refractivity contribution in [1.29, 1.82) is 0 Å². The topological polar surface area (TPSA) is 64.3 Å². The zero-order chi connectivity index (χ0) is 14.0. The molecule has 1 fully saturated rings. The van der Waals surface area contributed by atoms with Crippen molar-refractivity contribution >= 4 is 5.91 Å². The normalized spacial score (nSPS) is 16.3. The van der Waals surface area contributed by atoms with Gasteiger partial charge in [0, 0.05) is 12.1 Å². The van der Waals surface area contributed by atoms with Crippen molar-refractivity contribution in [1.82, 2.24) is 5.32 Å². The van der Waals surface area contributed by atoms with Gasteiger partial charge in [-0.05, 0) is 30.4 Å². The predicted octanol–water partition coefficient (Wildman–Crippen LogP) is 1.93. The first-order chi connectivity index (χ1) is 8.96. The Morgan fingerprint density at radius 1 is 1.47 bits per heavy atom. The molecule has 1 aromatic rings. The van der Waals surface area contributed by atoms with E-state index in [-0.39, 0.29) is 5.91 Å². The summed E-state index contributed by atoms with van der Waals surface area (Å²) in [6.45, 7) is 4.74. The van der Waals surface area contributed by atoms with Crippen LogP contribution in [0.4, 0.5) is 0 Å². The van der Waals surface area contributed by atoms with Crippen molar-refractivity contribution in [2.24, 2.45) is 5.73 Å². The lowest BCUT2D eigenvalue weighted by atomic mass is 10.00. The van der Waals surface area contributed by atoms with E-state index < -0.39 is 5.54 Å². The molecular formula is C15H22N2O2. The van der Waals surface area contributed by atoms with Gasteiger partial charge in [-0.1, -0.05) is 26.0 Å². The molecule has 3 N–H and O–H groups in total. The molecule has 0 spiro atoms. The first-order valence-corrected chi connectivity index (χ1v) is 6.70. The summed E-state index contributed by atoms with van der Waals surface area (Å²) in [6, 6.07) is 6.09. The van der Waals surface area contributed by atoms with Gasteiger partial charge < -0.3 is 15.8 Å². The number of amides is 1. The van der Waals surface area contributed by atoms with E-state index in [1.54, 1.807) is 7.11 Å². The van der Waals surface area contributed by atoms with Crippen molar-refractivity contribution in [2.45, 2.75) is 44.7 Å². The van der Waals surface area contributed by atoms with E-state index in [2.05, 4.69) is 31.3 Å². The predicted molar refractivity (Wildman–Crippen MR) is 75.1 cm³/mol. The van der Waals surface area contributed by atoms with Crippen molar-refractivity contribution in [3.05, 3.63) is 29.3 Å². The Kier molecular flexibility index (Phi) is 3.80. The maximum atomic E-state index is 11.8. The lowest BCUT2D eigenvalue weighted by molar-refractivity contribution is -0.123. The fourth-order valence-corrected chi connectivity index (χ4v) is 2.01. The summed E-state index contributed by atoms with van der Waals surface area (Å²) in [5, 5.41) is 2.90. The molecule has 0 aromatic heterocycles. The van der Waals surface area contributed by atoms with Gasteiger partial charge in [-0.25, -0.2) is 0 Å². The number of ether oxygens (including phenoxy) is 1. The first kappa shape index (κ1) is 13.9. The quantitative estimate of drug-likeness (QED) is 0.852. The number of methoxy groups -OCH3 is 1. The summed E-state index contributed by atoms with van der Waals surface area (Å²) in [7, 11) is 1.64. The van der Waals surface area contributed by atoms with Crippen LogP contribution in [0.2, 0.25) is 0 Å². The smallest absolute Gasteiger partial charge is 0.240 e. The highest BCUT2D eigenvalue weighted by Crippen LogP contribution is 2.32. The first-order valence-electron chi connectivity index (χ1n) is 6.70. The van der Waals surface area contributed by atoms with Gasteiger partial charge in [0.15, 0.2) is 0 Å². The highest BCUT2D eigenvalue weighted by Gasteiger charge is 2.45. The Balaban J connectivity index is 2.09. The Morgan fingerprint density at radius 2 is 2.16 bits per heavy atom. The van der Waals surface area contributed by atoms with Crippen molar-refractivity contribution < 1.29 is 9.53 Å². The molecule has 1 aliphatic carbocycles. The highest BCUT2D eigenvalue weighted by atomic mass is 16.5. The van der Waals surface area contributed by atoms with E-state index in [0.717, 1.165) is 24.2 Å². The van der Waals surface area contributed by atoms with Gasteiger partial charge in [0.25, 0.3) is 0 Å². The number of nitrogens with one attached hydrogen (secondary N) is 1. The second-order valence-electron chi connectivity index (χ2n) is 5.56. The van der Waals surface area contributed by atoms with Gasteiger partial charge in [0.1, 0.15) is 5.75 Å². The minimum atomic E-state index is -0.622. The molecule has 19 heavy (non-hydrogen) atoms. The van der Waals surface area contributed by atoms with E-state index in [1.807, 2.05) is 6.07 Å². The van der Waals surface area contributed by atoms with E-state index in [4.69, 9.17) is 10.5 Å². The SMILES string of the molecule is COc1ccc(C(C)C)cc1CNC(=O)C1(N)CC1. The van der Waals surface area contributed by atoms with Crippen LogP contribution >= 0.6 is 0 Å². The summed E-state index contributed by atoms with van der Waals surface area (Å²) >= 11 is 0.